The predicted molar refractivity (Wildman–Crippen MR) is 142 cm³/mol. The van der Waals surface area contributed by atoms with Gasteiger partial charge in [-0.05, 0) is 58.5 Å². The van der Waals surface area contributed by atoms with Gasteiger partial charge in [-0.25, -0.2) is 4.57 Å². The van der Waals surface area contributed by atoms with Crippen LogP contribution in [0.2, 0.25) is 0 Å². The third kappa shape index (κ3) is 4.21. The summed E-state index contributed by atoms with van der Waals surface area (Å²) in [6, 6.07) is 28.5. The highest BCUT2D eigenvalue weighted by Gasteiger charge is 2.22. The van der Waals surface area contributed by atoms with Crippen LogP contribution in [0.3, 0.4) is 0 Å². The summed E-state index contributed by atoms with van der Waals surface area (Å²) in [6.45, 7) is 4.48. The van der Waals surface area contributed by atoms with Gasteiger partial charge in [0.15, 0.2) is 6.20 Å². The SMILES string of the molecule is CC(C)c1ccc(C(=C\c2cc[n+](C)c3ccccc23)/C=C2\Sc3ccccc3N2C)cc1. The Labute approximate surface area is 200 Å². The van der Waals surface area contributed by atoms with Crippen LogP contribution < -0.4 is 9.47 Å². The molecule has 0 aliphatic carbocycles. The van der Waals surface area contributed by atoms with Gasteiger partial charge in [0.25, 0.3) is 0 Å². The van der Waals surface area contributed by atoms with Crippen LogP contribution in [0.25, 0.3) is 22.6 Å². The van der Waals surface area contributed by atoms with Gasteiger partial charge in [-0.3, -0.25) is 0 Å². The molecule has 0 amide bonds. The molecule has 0 fully saturated rings. The second-order valence-corrected chi connectivity index (χ2v) is 9.95. The average molecular weight is 450 g/mol. The summed E-state index contributed by atoms with van der Waals surface area (Å²) >= 11 is 1.83. The summed E-state index contributed by atoms with van der Waals surface area (Å²) < 4.78 is 2.18. The fourth-order valence-electron chi connectivity index (χ4n) is 4.33. The maximum Gasteiger partial charge on any atom is 0.212 e. The lowest BCUT2D eigenvalue weighted by molar-refractivity contribution is -0.644. The Morgan fingerprint density at radius 2 is 1.64 bits per heavy atom. The van der Waals surface area contributed by atoms with E-state index in [4.69, 9.17) is 0 Å². The number of anilines is 1. The molecule has 0 spiro atoms. The molecule has 0 saturated carbocycles. The first kappa shape index (κ1) is 21.5. The summed E-state index contributed by atoms with van der Waals surface area (Å²) in [5.74, 6) is 0.522. The lowest BCUT2D eigenvalue weighted by Gasteiger charge is -2.15. The number of allylic oxidation sites excluding steroid dienone is 2. The van der Waals surface area contributed by atoms with E-state index in [1.54, 1.807) is 0 Å². The first-order valence-electron chi connectivity index (χ1n) is 11.4. The van der Waals surface area contributed by atoms with Gasteiger partial charge in [0, 0.05) is 24.1 Å². The quantitative estimate of drug-likeness (QED) is 0.299. The van der Waals surface area contributed by atoms with Crippen molar-refractivity contribution in [3.63, 3.8) is 0 Å². The molecule has 33 heavy (non-hydrogen) atoms. The molecule has 0 atom stereocenters. The largest absolute Gasteiger partial charge is 0.338 e. The minimum absolute atomic E-state index is 0.522. The number of aromatic nitrogens is 1. The fourth-order valence-corrected chi connectivity index (χ4v) is 5.43. The molecule has 5 rings (SSSR count). The number of rotatable bonds is 4. The van der Waals surface area contributed by atoms with E-state index in [-0.39, 0.29) is 0 Å². The second-order valence-electron chi connectivity index (χ2n) is 8.89. The van der Waals surface area contributed by atoms with Gasteiger partial charge in [0.2, 0.25) is 5.52 Å². The minimum atomic E-state index is 0.522. The highest BCUT2D eigenvalue weighted by molar-refractivity contribution is 8.03. The van der Waals surface area contributed by atoms with Crippen molar-refractivity contribution in [2.75, 3.05) is 11.9 Å². The van der Waals surface area contributed by atoms with E-state index in [1.807, 2.05) is 11.8 Å². The van der Waals surface area contributed by atoms with Crippen LogP contribution in [-0.2, 0) is 7.05 Å². The molecule has 0 bridgehead atoms. The zero-order chi connectivity index (χ0) is 22.9. The molecule has 0 saturated heterocycles. The molecular weight excluding hydrogens is 420 g/mol. The van der Waals surface area contributed by atoms with Crippen LogP contribution in [-0.4, -0.2) is 7.05 Å². The number of pyridine rings is 1. The Morgan fingerprint density at radius 1 is 0.909 bits per heavy atom. The Balaban J connectivity index is 1.65. The smallest absolute Gasteiger partial charge is 0.212 e. The summed E-state index contributed by atoms with van der Waals surface area (Å²) in [6.07, 6.45) is 6.81. The van der Waals surface area contributed by atoms with Crippen molar-refractivity contribution in [2.45, 2.75) is 24.7 Å². The van der Waals surface area contributed by atoms with Crippen molar-refractivity contribution in [3.8, 4) is 0 Å². The van der Waals surface area contributed by atoms with E-state index in [9.17, 15) is 0 Å². The lowest BCUT2D eigenvalue weighted by atomic mass is 9.96. The van der Waals surface area contributed by atoms with Gasteiger partial charge in [0.1, 0.15) is 7.05 Å². The van der Waals surface area contributed by atoms with Crippen LogP contribution in [0.15, 0.2) is 101 Å². The molecule has 2 heterocycles. The van der Waals surface area contributed by atoms with Gasteiger partial charge in [-0.1, -0.05) is 74.1 Å². The molecule has 3 heteroatoms. The van der Waals surface area contributed by atoms with Crippen molar-refractivity contribution >= 4 is 40.0 Å². The van der Waals surface area contributed by atoms with E-state index < -0.39 is 0 Å². The van der Waals surface area contributed by atoms with Crippen molar-refractivity contribution in [1.82, 2.24) is 0 Å². The van der Waals surface area contributed by atoms with Gasteiger partial charge in [-0.15, -0.1) is 0 Å². The van der Waals surface area contributed by atoms with Gasteiger partial charge < -0.3 is 4.90 Å². The summed E-state index contributed by atoms with van der Waals surface area (Å²) in [7, 11) is 4.26. The van der Waals surface area contributed by atoms with Gasteiger partial charge in [0.05, 0.1) is 16.1 Å². The Bertz CT molecular complexity index is 1380. The van der Waals surface area contributed by atoms with Crippen molar-refractivity contribution in [3.05, 3.63) is 113 Å². The van der Waals surface area contributed by atoms with E-state index >= 15 is 0 Å². The van der Waals surface area contributed by atoms with Gasteiger partial charge >= 0.3 is 0 Å². The number of hydrogen-bond donors (Lipinski definition) is 0. The van der Waals surface area contributed by atoms with Gasteiger partial charge in [-0.2, -0.15) is 0 Å². The summed E-state index contributed by atoms with van der Waals surface area (Å²) in [5, 5.41) is 2.49. The van der Waals surface area contributed by atoms with Crippen LogP contribution >= 0.6 is 11.8 Å². The molecule has 4 aromatic rings. The molecule has 1 aliphatic rings. The number of hydrogen-bond acceptors (Lipinski definition) is 2. The van der Waals surface area contributed by atoms with Crippen LogP contribution in [0.5, 0.6) is 0 Å². The fraction of sp³-hybridized carbons (Fsp3) is 0.167. The third-order valence-electron chi connectivity index (χ3n) is 6.35. The number of fused-ring (bicyclic) bond motifs is 2. The zero-order valence-electron chi connectivity index (χ0n) is 19.6. The maximum absolute atomic E-state index is 2.33. The molecule has 1 aliphatic heterocycles. The normalized spacial score (nSPS) is 15.0. The topological polar surface area (TPSA) is 7.12 Å². The Morgan fingerprint density at radius 3 is 2.39 bits per heavy atom. The number of benzene rings is 3. The lowest BCUT2D eigenvalue weighted by Crippen LogP contribution is -2.28. The van der Waals surface area contributed by atoms with E-state index in [0.717, 1.165) is 0 Å². The second kappa shape index (κ2) is 8.92. The zero-order valence-corrected chi connectivity index (χ0v) is 20.4. The first-order valence-corrected chi connectivity index (χ1v) is 12.2. The van der Waals surface area contributed by atoms with Crippen LogP contribution in [0.4, 0.5) is 5.69 Å². The molecule has 164 valence electrons. The number of aryl methyl sites for hydroxylation is 1. The molecular formula is C30H29N2S+. The highest BCUT2D eigenvalue weighted by Crippen LogP contribution is 2.45. The van der Waals surface area contributed by atoms with E-state index in [2.05, 4.69) is 135 Å². The van der Waals surface area contributed by atoms with E-state index in [1.165, 1.54) is 48.8 Å². The molecule has 3 aromatic carbocycles. The molecule has 0 N–H and O–H groups in total. The number of para-hydroxylation sites is 2. The molecule has 2 nitrogen and oxygen atoms in total. The maximum atomic E-state index is 2.33. The predicted octanol–water partition coefficient (Wildman–Crippen LogP) is 7.41. The highest BCUT2D eigenvalue weighted by atomic mass is 32.2. The van der Waals surface area contributed by atoms with Crippen molar-refractivity contribution in [1.29, 1.82) is 0 Å². The van der Waals surface area contributed by atoms with Crippen molar-refractivity contribution in [2.24, 2.45) is 7.05 Å². The standard InChI is InChI=1S/C30H29N2S/c1-21(2)22-13-15-23(16-14-22)25(20-30-32(4)28-11-7-8-12-29(28)33-30)19-24-17-18-31(3)27-10-6-5-9-26(24)27/h5-21H,1-4H3/q+1. The minimum Gasteiger partial charge on any atom is -0.338 e. The average Bonchev–Trinajstić information content (AvgIpc) is 3.16. The van der Waals surface area contributed by atoms with Crippen molar-refractivity contribution < 1.29 is 4.57 Å². The summed E-state index contributed by atoms with van der Waals surface area (Å²) in [4.78, 5) is 3.59. The van der Waals surface area contributed by atoms with Crippen LogP contribution in [0, 0.1) is 0 Å². The van der Waals surface area contributed by atoms with Crippen LogP contribution in [0.1, 0.15) is 36.5 Å². The molecule has 0 unspecified atom stereocenters. The monoisotopic (exact) mass is 449 g/mol. The Kier molecular flexibility index (Phi) is 5.82. The molecule has 1 aromatic heterocycles. The Hall–Kier alpha value is -3.30. The summed E-state index contributed by atoms with van der Waals surface area (Å²) in [5.41, 5.74) is 7.53. The number of nitrogens with zero attached hydrogens (tertiary/aromatic N) is 2. The first-order chi connectivity index (χ1) is 16.0. The van der Waals surface area contributed by atoms with E-state index in [0.29, 0.717) is 5.92 Å². The third-order valence-corrected chi connectivity index (χ3v) is 7.51. The number of thioether (sulfide) groups is 1. The molecule has 0 radical (unpaired) electrons.